The third kappa shape index (κ3) is 3.50. The normalized spacial score (nSPS) is 9.93. The lowest BCUT2D eigenvalue weighted by atomic mass is 10.4. The van der Waals surface area contributed by atoms with Gasteiger partial charge in [-0.05, 0) is 17.4 Å². The van der Waals surface area contributed by atoms with Gasteiger partial charge in [0.25, 0.3) is 5.91 Å². The van der Waals surface area contributed by atoms with Crippen molar-refractivity contribution < 1.29 is 9.72 Å². The van der Waals surface area contributed by atoms with Crippen molar-refractivity contribution in [3.05, 3.63) is 27.9 Å². The summed E-state index contributed by atoms with van der Waals surface area (Å²) >= 11 is 2.21. The molecule has 0 saturated carbocycles. The van der Waals surface area contributed by atoms with Crippen LogP contribution in [0.5, 0.6) is 0 Å². The first-order chi connectivity index (χ1) is 7.15. The van der Waals surface area contributed by atoms with Gasteiger partial charge in [0, 0.05) is 17.0 Å². The highest BCUT2D eigenvalue weighted by Crippen LogP contribution is 2.09. The fraction of sp³-hybridized carbons (Fsp3) is 0.375. The number of alkyl halides is 1. The molecule has 6 nitrogen and oxygen atoms in total. The molecule has 15 heavy (non-hydrogen) atoms. The fourth-order valence-electron chi connectivity index (χ4n) is 0.986. The van der Waals surface area contributed by atoms with Gasteiger partial charge in [-0.1, -0.05) is 22.6 Å². The molecule has 1 amide bonds. The number of rotatable bonds is 5. The predicted molar refractivity (Wildman–Crippen MR) is 63.3 cm³/mol. The van der Waals surface area contributed by atoms with Crippen LogP contribution in [-0.4, -0.2) is 26.8 Å². The third-order valence-electron chi connectivity index (χ3n) is 1.71. The maximum atomic E-state index is 11.4. The molecule has 7 heteroatoms. The van der Waals surface area contributed by atoms with E-state index in [1.54, 1.807) is 0 Å². The summed E-state index contributed by atoms with van der Waals surface area (Å²) < 4.78 is 0.961. The van der Waals surface area contributed by atoms with Crippen molar-refractivity contribution in [3.63, 3.8) is 0 Å². The summed E-state index contributed by atoms with van der Waals surface area (Å²) in [5.74, 6) is -0.484. The number of aromatic nitrogens is 1. The lowest BCUT2D eigenvalue weighted by molar-refractivity contribution is -0.389. The summed E-state index contributed by atoms with van der Waals surface area (Å²) in [6.45, 7) is 0.578. The Morgan fingerprint density at radius 1 is 1.60 bits per heavy atom. The molecule has 82 valence electrons. The summed E-state index contributed by atoms with van der Waals surface area (Å²) in [4.78, 5) is 23.6. The second-order valence-corrected chi connectivity index (χ2v) is 3.89. The lowest BCUT2D eigenvalue weighted by Gasteiger charge is -1.99. The minimum Gasteiger partial charge on any atom is -0.358 e. The van der Waals surface area contributed by atoms with Crippen molar-refractivity contribution >= 4 is 34.3 Å². The highest BCUT2D eigenvalue weighted by Gasteiger charge is 2.14. The molecule has 0 unspecified atom stereocenters. The summed E-state index contributed by atoms with van der Waals surface area (Å²) in [7, 11) is 0. The molecular formula is C8H10IN3O3. The molecule has 0 spiro atoms. The quantitative estimate of drug-likeness (QED) is 0.283. The van der Waals surface area contributed by atoms with E-state index in [-0.39, 0.29) is 17.4 Å². The van der Waals surface area contributed by atoms with Crippen molar-refractivity contribution in [1.29, 1.82) is 0 Å². The number of amides is 1. The van der Waals surface area contributed by atoms with E-state index in [1.165, 1.54) is 12.1 Å². The highest BCUT2D eigenvalue weighted by atomic mass is 127. The molecule has 0 aliphatic heterocycles. The Hall–Kier alpha value is -1.12. The number of H-pyrrole nitrogens is 1. The molecule has 1 aromatic heterocycles. The summed E-state index contributed by atoms with van der Waals surface area (Å²) in [6, 6.07) is 2.67. The standard InChI is InChI=1S/C8H10IN3O3/c9-4-1-5-10-8(13)6-2-3-7(11-6)12(14)15/h2-3,11H,1,4-5H2,(H,10,13). The second kappa shape index (κ2) is 5.69. The first kappa shape index (κ1) is 12.0. The average molecular weight is 323 g/mol. The van der Waals surface area contributed by atoms with Gasteiger partial charge in [-0.2, -0.15) is 0 Å². The van der Waals surface area contributed by atoms with Crippen LogP contribution >= 0.6 is 22.6 Å². The number of nitro groups is 1. The van der Waals surface area contributed by atoms with E-state index in [0.717, 1.165) is 10.8 Å². The SMILES string of the molecule is O=C(NCCCI)c1ccc([N+](=O)[O-])[nH]1. The minimum absolute atomic E-state index is 0.172. The highest BCUT2D eigenvalue weighted by molar-refractivity contribution is 14.1. The topological polar surface area (TPSA) is 88.0 Å². The first-order valence-corrected chi connectivity index (χ1v) is 5.85. The largest absolute Gasteiger partial charge is 0.358 e. The van der Waals surface area contributed by atoms with Crippen molar-refractivity contribution in [1.82, 2.24) is 10.3 Å². The van der Waals surface area contributed by atoms with Crippen LogP contribution in [0.1, 0.15) is 16.9 Å². The fourth-order valence-corrected chi connectivity index (χ4v) is 1.37. The van der Waals surface area contributed by atoms with Gasteiger partial charge < -0.3 is 15.4 Å². The van der Waals surface area contributed by atoms with Gasteiger partial charge in [-0.15, -0.1) is 0 Å². The predicted octanol–water partition coefficient (Wildman–Crippen LogP) is 1.48. The number of hydrogen-bond donors (Lipinski definition) is 2. The van der Waals surface area contributed by atoms with Crippen molar-refractivity contribution in [2.75, 3.05) is 11.0 Å². The number of hydrogen-bond acceptors (Lipinski definition) is 3. The molecule has 1 aromatic rings. The molecule has 0 aliphatic carbocycles. The van der Waals surface area contributed by atoms with Crippen LogP contribution in [-0.2, 0) is 0 Å². The van der Waals surface area contributed by atoms with Crippen molar-refractivity contribution in [2.24, 2.45) is 0 Å². The van der Waals surface area contributed by atoms with E-state index >= 15 is 0 Å². The molecule has 1 heterocycles. The lowest BCUT2D eigenvalue weighted by Crippen LogP contribution is -2.24. The molecule has 0 radical (unpaired) electrons. The molecular weight excluding hydrogens is 313 g/mol. The number of halogens is 1. The van der Waals surface area contributed by atoms with Crippen molar-refractivity contribution in [3.8, 4) is 0 Å². The van der Waals surface area contributed by atoms with Gasteiger partial charge >= 0.3 is 5.82 Å². The summed E-state index contributed by atoms with van der Waals surface area (Å²) in [5.41, 5.74) is 0.218. The Kier molecular flexibility index (Phi) is 4.53. The van der Waals surface area contributed by atoms with Crippen LogP contribution < -0.4 is 5.32 Å². The first-order valence-electron chi connectivity index (χ1n) is 4.32. The van der Waals surface area contributed by atoms with Gasteiger partial charge in [0.05, 0.1) is 0 Å². The second-order valence-electron chi connectivity index (χ2n) is 2.81. The molecule has 0 fully saturated rings. The average Bonchev–Trinajstić information content (AvgIpc) is 2.66. The van der Waals surface area contributed by atoms with Gasteiger partial charge in [0.1, 0.15) is 0 Å². The van der Waals surface area contributed by atoms with E-state index < -0.39 is 4.92 Å². The zero-order chi connectivity index (χ0) is 11.3. The number of carbonyl (C=O) groups is 1. The van der Waals surface area contributed by atoms with Crippen LogP contribution in [0.2, 0.25) is 0 Å². The smallest absolute Gasteiger partial charge is 0.321 e. The Bertz CT molecular complexity index is 364. The molecule has 0 aromatic carbocycles. The molecule has 0 saturated heterocycles. The van der Waals surface area contributed by atoms with E-state index in [4.69, 9.17) is 0 Å². The third-order valence-corrected chi connectivity index (χ3v) is 2.47. The van der Waals surface area contributed by atoms with Crippen LogP contribution in [0.25, 0.3) is 0 Å². The monoisotopic (exact) mass is 323 g/mol. The number of aromatic amines is 1. The Morgan fingerprint density at radius 2 is 2.33 bits per heavy atom. The van der Waals surface area contributed by atoms with E-state index in [9.17, 15) is 14.9 Å². The zero-order valence-electron chi connectivity index (χ0n) is 7.83. The summed E-state index contributed by atoms with van der Waals surface area (Å²) in [5, 5.41) is 13.0. The van der Waals surface area contributed by atoms with Gasteiger partial charge in [0.15, 0.2) is 5.69 Å². The van der Waals surface area contributed by atoms with Crippen molar-refractivity contribution in [2.45, 2.75) is 6.42 Å². The molecule has 2 N–H and O–H groups in total. The number of nitrogens with zero attached hydrogens (tertiary/aromatic N) is 1. The number of nitrogens with one attached hydrogen (secondary N) is 2. The van der Waals surface area contributed by atoms with Crippen LogP contribution in [0, 0.1) is 10.1 Å². The molecule has 1 rings (SSSR count). The number of carbonyl (C=O) groups excluding carboxylic acids is 1. The Labute approximate surface area is 99.7 Å². The van der Waals surface area contributed by atoms with Gasteiger partial charge in [-0.25, -0.2) is 4.98 Å². The zero-order valence-corrected chi connectivity index (χ0v) is 9.98. The maximum absolute atomic E-state index is 11.4. The van der Waals surface area contributed by atoms with Crippen LogP contribution in [0.15, 0.2) is 12.1 Å². The maximum Gasteiger partial charge on any atom is 0.321 e. The Balaban J connectivity index is 2.54. The van der Waals surface area contributed by atoms with E-state index in [0.29, 0.717) is 6.54 Å². The molecule has 0 bridgehead atoms. The van der Waals surface area contributed by atoms with Gasteiger partial charge in [0.2, 0.25) is 0 Å². The van der Waals surface area contributed by atoms with E-state index in [2.05, 4.69) is 32.9 Å². The van der Waals surface area contributed by atoms with E-state index in [1.807, 2.05) is 0 Å². The molecule has 0 atom stereocenters. The minimum atomic E-state index is -0.568. The van der Waals surface area contributed by atoms with Gasteiger partial charge in [-0.3, -0.25) is 4.79 Å². The van der Waals surface area contributed by atoms with Crippen LogP contribution in [0.4, 0.5) is 5.82 Å². The molecule has 0 aliphatic rings. The Morgan fingerprint density at radius 3 is 2.87 bits per heavy atom. The summed E-state index contributed by atoms with van der Waals surface area (Å²) in [6.07, 6.45) is 0.884. The van der Waals surface area contributed by atoms with Crippen LogP contribution in [0.3, 0.4) is 0 Å².